The Morgan fingerprint density at radius 3 is 1.68 bits per heavy atom. The van der Waals surface area contributed by atoms with E-state index in [1.807, 2.05) is 72.9 Å². The molecule has 3 rings (SSSR count). The maximum atomic E-state index is 10.7. The molecule has 0 saturated carbocycles. The quantitative estimate of drug-likeness (QED) is 0.276. The van der Waals surface area contributed by atoms with Crippen molar-refractivity contribution in [2.75, 3.05) is 0 Å². The van der Waals surface area contributed by atoms with Crippen LogP contribution in [0.1, 0.15) is 58.2 Å². The van der Waals surface area contributed by atoms with Gasteiger partial charge in [-0.2, -0.15) is 30.3 Å². The molecule has 0 fully saturated rings. The molecule has 150 valence electrons. The van der Waals surface area contributed by atoms with Gasteiger partial charge >= 0.3 is 17.1 Å². The Hall–Kier alpha value is -2.09. The summed E-state index contributed by atoms with van der Waals surface area (Å²) in [6, 6.07) is 22.0. The molecule has 3 aromatic carbocycles. The summed E-state index contributed by atoms with van der Waals surface area (Å²) in [5, 5.41) is 10.7. The maximum absolute atomic E-state index is 10.7. The molecule has 0 amide bonds. The van der Waals surface area contributed by atoms with E-state index in [1.165, 1.54) is 0 Å². The van der Waals surface area contributed by atoms with Crippen LogP contribution in [0, 0.1) is 0 Å². The molecule has 0 heterocycles. The van der Waals surface area contributed by atoms with Gasteiger partial charge in [-0.15, -0.1) is 5.56 Å². The number of benzene rings is 1. The summed E-state index contributed by atoms with van der Waals surface area (Å²) in [4.78, 5) is 4.60. The minimum Gasteiger partial charge on any atom is -0.507 e. The Morgan fingerprint density at radius 2 is 1.32 bits per heavy atom. The second-order valence-corrected chi connectivity index (χ2v) is 8.83. The Kier molecular flexibility index (Phi) is 8.47. The average Bonchev–Trinajstić information content (AvgIpc) is 3.28. The molecule has 0 unspecified atom stereocenters. The molecule has 0 aliphatic rings. The van der Waals surface area contributed by atoms with E-state index >= 15 is 0 Å². The summed E-state index contributed by atoms with van der Waals surface area (Å²) in [7, 11) is 0. The Labute approximate surface area is 180 Å². The van der Waals surface area contributed by atoms with Gasteiger partial charge in [0.25, 0.3) is 0 Å². The van der Waals surface area contributed by atoms with Gasteiger partial charge in [0.15, 0.2) is 0 Å². The molecule has 0 aliphatic carbocycles. The van der Waals surface area contributed by atoms with Gasteiger partial charge in [0, 0.05) is 11.1 Å². The van der Waals surface area contributed by atoms with E-state index in [0.29, 0.717) is 5.75 Å². The van der Waals surface area contributed by atoms with Crippen LogP contribution in [0.4, 0.5) is 5.69 Å². The second-order valence-electron chi connectivity index (χ2n) is 8.83. The summed E-state index contributed by atoms with van der Waals surface area (Å²) in [5.74, 6) is 0.396. The van der Waals surface area contributed by atoms with Gasteiger partial charge in [0.2, 0.25) is 0 Å². The third-order valence-corrected chi connectivity index (χ3v) is 4.32. The predicted octanol–water partition coefficient (Wildman–Crippen LogP) is 6.86. The smallest absolute Gasteiger partial charge is 0.507 e. The molecule has 3 heteroatoms. The number of phenols is 1. The molecule has 0 bridgehead atoms. The molecule has 1 N–H and O–H groups in total. The van der Waals surface area contributed by atoms with Crippen molar-refractivity contribution in [3.8, 4) is 5.75 Å². The number of hydrogen-bond donors (Lipinski definition) is 1. The molecule has 0 spiro atoms. The summed E-state index contributed by atoms with van der Waals surface area (Å²) in [6.45, 7) is 12.7. The molecular formula is C25H31FeNO. The fourth-order valence-corrected chi connectivity index (χ4v) is 2.78. The first kappa shape index (κ1) is 23.9. The van der Waals surface area contributed by atoms with Crippen LogP contribution in [-0.2, 0) is 27.9 Å². The molecule has 2 nitrogen and oxygen atoms in total. The fraction of sp³-hybridized carbons (Fsp3) is 0.320. The van der Waals surface area contributed by atoms with Crippen LogP contribution in [0.25, 0.3) is 0 Å². The molecule has 3 aromatic rings. The van der Waals surface area contributed by atoms with Crippen molar-refractivity contribution >= 4 is 11.9 Å². The van der Waals surface area contributed by atoms with Gasteiger partial charge in [-0.1, -0.05) is 41.5 Å². The van der Waals surface area contributed by atoms with E-state index in [4.69, 9.17) is 0 Å². The van der Waals surface area contributed by atoms with Crippen molar-refractivity contribution in [3.05, 3.63) is 83.4 Å². The van der Waals surface area contributed by atoms with Gasteiger partial charge in [0.05, 0.1) is 5.69 Å². The minimum absolute atomic E-state index is 0. The fourth-order valence-electron chi connectivity index (χ4n) is 2.78. The molecule has 0 atom stereocenters. The van der Waals surface area contributed by atoms with Crippen molar-refractivity contribution in [2.45, 2.75) is 52.4 Å². The SMILES string of the molecule is CC(C)(C)c1cc(N=C[c-]2cccc2)cc(C(C)(C)C)c1O.[Fe+2].c1cc[cH-]c1. The summed E-state index contributed by atoms with van der Waals surface area (Å²) in [6.07, 6.45) is 1.87. The Balaban J connectivity index is 0.000000567. The van der Waals surface area contributed by atoms with Crippen LogP contribution < -0.4 is 0 Å². The predicted molar refractivity (Wildman–Crippen MR) is 117 cm³/mol. The van der Waals surface area contributed by atoms with Crippen molar-refractivity contribution in [3.63, 3.8) is 0 Å². The molecular weight excluding hydrogens is 386 g/mol. The van der Waals surface area contributed by atoms with Crippen molar-refractivity contribution in [1.82, 2.24) is 0 Å². The largest absolute Gasteiger partial charge is 2.00 e. The summed E-state index contributed by atoms with van der Waals surface area (Å²) < 4.78 is 0. The maximum Gasteiger partial charge on any atom is 2.00 e. The van der Waals surface area contributed by atoms with Crippen LogP contribution in [0.3, 0.4) is 0 Å². The van der Waals surface area contributed by atoms with Gasteiger partial charge in [-0.05, 0) is 29.2 Å². The normalized spacial score (nSPS) is 11.6. The number of rotatable bonds is 2. The first-order valence-corrected chi connectivity index (χ1v) is 9.39. The first-order valence-electron chi connectivity index (χ1n) is 9.39. The minimum atomic E-state index is -0.129. The second kappa shape index (κ2) is 9.91. The monoisotopic (exact) mass is 417 g/mol. The van der Waals surface area contributed by atoms with Crippen molar-refractivity contribution in [2.24, 2.45) is 4.99 Å². The van der Waals surface area contributed by atoms with Gasteiger partial charge in [-0.25, -0.2) is 24.3 Å². The zero-order chi connectivity index (χ0) is 20.1. The third kappa shape index (κ3) is 6.82. The molecule has 0 aliphatic heterocycles. The van der Waals surface area contributed by atoms with Gasteiger partial charge < -0.3 is 5.11 Å². The van der Waals surface area contributed by atoms with E-state index in [1.54, 1.807) is 0 Å². The van der Waals surface area contributed by atoms with Crippen molar-refractivity contribution in [1.29, 1.82) is 0 Å². The van der Waals surface area contributed by atoms with Crippen LogP contribution in [-0.4, -0.2) is 11.3 Å². The third-order valence-electron chi connectivity index (χ3n) is 4.32. The Bertz CT molecular complexity index is 793. The van der Waals surface area contributed by atoms with E-state index in [-0.39, 0.29) is 27.9 Å². The van der Waals surface area contributed by atoms with E-state index in [9.17, 15) is 5.11 Å². The molecule has 0 radical (unpaired) electrons. The number of nitrogens with zero attached hydrogens (tertiary/aromatic N) is 1. The van der Waals surface area contributed by atoms with Crippen molar-refractivity contribution < 1.29 is 22.2 Å². The zero-order valence-electron chi connectivity index (χ0n) is 17.7. The van der Waals surface area contributed by atoms with Crippen LogP contribution >= 0.6 is 0 Å². The number of phenolic OH excluding ortho intramolecular Hbond substituents is 1. The molecule has 28 heavy (non-hydrogen) atoms. The first-order chi connectivity index (χ1) is 12.6. The molecule has 0 saturated heterocycles. The van der Waals surface area contributed by atoms with E-state index in [2.05, 4.69) is 46.5 Å². The summed E-state index contributed by atoms with van der Waals surface area (Å²) >= 11 is 0. The van der Waals surface area contributed by atoms with Crippen LogP contribution in [0.2, 0.25) is 0 Å². The van der Waals surface area contributed by atoms with Gasteiger partial charge in [0.1, 0.15) is 5.75 Å². The number of hydrogen-bond acceptors (Lipinski definition) is 2. The average molecular weight is 417 g/mol. The van der Waals surface area contributed by atoms with E-state index < -0.39 is 0 Å². The van der Waals surface area contributed by atoms with Crippen LogP contribution in [0.15, 0.2) is 71.7 Å². The molecule has 0 aromatic heterocycles. The summed E-state index contributed by atoms with van der Waals surface area (Å²) in [5.41, 5.74) is 3.59. The number of aliphatic imine (C=N–C) groups is 1. The van der Waals surface area contributed by atoms with E-state index in [0.717, 1.165) is 22.4 Å². The number of aromatic hydroxyl groups is 1. The Morgan fingerprint density at radius 1 is 0.857 bits per heavy atom. The van der Waals surface area contributed by atoms with Crippen LogP contribution in [0.5, 0.6) is 5.75 Å². The standard InChI is InChI=1S/C20H26NO.C5H5.Fe/c1-19(2,3)16-11-15(21-13-14-9-7-8-10-14)12-17(18(16)22)20(4,5)6;1-2-4-5-3-1;/h7-13,22H,1-6H3;1-5H;/q2*-1;+2. The topological polar surface area (TPSA) is 32.6 Å². The zero-order valence-corrected chi connectivity index (χ0v) is 18.8. The van der Waals surface area contributed by atoms with Gasteiger partial charge in [-0.3, -0.25) is 4.99 Å².